The van der Waals surface area contributed by atoms with Crippen LogP contribution in [0.15, 0.2) is 34.8 Å². The quantitative estimate of drug-likeness (QED) is 0.311. The summed E-state index contributed by atoms with van der Waals surface area (Å²) >= 11 is 1.41. The molecule has 5 N–H and O–H groups in total. The number of hydrogen-bond donors (Lipinski definition) is 5. The van der Waals surface area contributed by atoms with Crippen molar-refractivity contribution < 1.29 is 49.3 Å². The number of carbonyl (C=O) groups excluding carboxylic acids is 1. The molecule has 1 aliphatic heterocycles. The second-order valence-electron chi connectivity index (χ2n) is 9.85. The maximum Gasteiger partial charge on any atom is 0.229 e. The minimum atomic E-state index is -1.64. The zero-order chi connectivity index (χ0) is 28.4. The Morgan fingerprint density at radius 3 is 2.44 bits per heavy atom. The van der Waals surface area contributed by atoms with Gasteiger partial charge in [0, 0.05) is 16.9 Å². The fraction of sp³-hybridized carbons (Fsp3) is 0.536. The molecule has 0 saturated carbocycles. The van der Waals surface area contributed by atoms with E-state index in [4.69, 9.17) is 18.9 Å². The van der Waals surface area contributed by atoms with E-state index < -0.39 is 43.4 Å². The Morgan fingerprint density at radius 2 is 1.82 bits per heavy atom. The lowest BCUT2D eigenvalue weighted by molar-refractivity contribution is -0.277. The molecule has 2 aliphatic carbocycles. The predicted molar refractivity (Wildman–Crippen MR) is 145 cm³/mol. The van der Waals surface area contributed by atoms with E-state index in [1.54, 1.807) is 13.0 Å². The molecule has 0 amide bonds. The molecule has 6 unspecified atom stereocenters. The van der Waals surface area contributed by atoms with Crippen molar-refractivity contribution in [1.82, 2.24) is 0 Å². The van der Waals surface area contributed by atoms with Crippen molar-refractivity contribution in [3.63, 3.8) is 0 Å². The summed E-state index contributed by atoms with van der Waals surface area (Å²) in [5.74, 6) is 0.573. The number of benzene rings is 1. The fourth-order valence-corrected chi connectivity index (χ4v) is 5.93. The first-order valence-corrected chi connectivity index (χ1v) is 14.0. The van der Waals surface area contributed by atoms with Crippen LogP contribution < -0.4 is 14.2 Å². The first-order chi connectivity index (χ1) is 18.6. The van der Waals surface area contributed by atoms with Crippen molar-refractivity contribution in [3.8, 4) is 17.2 Å². The molecule has 0 radical (unpaired) electrons. The number of ether oxygens (including phenoxy) is 4. The Hall–Kier alpha value is -2.38. The summed E-state index contributed by atoms with van der Waals surface area (Å²) < 4.78 is 23.2. The summed E-state index contributed by atoms with van der Waals surface area (Å²) in [5.41, 5.74) is 2.92. The van der Waals surface area contributed by atoms with Crippen molar-refractivity contribution in [3.05, 3.63) is 45.9 Å². The molecule has 1 saturated heterocycles. The Bertz CT molecular complexity index is 1170. The van der Waals surface area contributed by atoms with E-state index in [1.165, 1.54) is 26.0 Å². The van der Waals surface area contributed by atoms with E-state index in [0.29, 0.717) is 29.7 Å². The van der Waals surface area contributed by atoms with E-state index >= 15 is 0 Å². The highest BCUT2D eigenvalue weighted by molar-refractivity contribution is 8.02. The average Bonchev–Trinajstić information content (AvgIpc) is 3.16. The molecule has 7 atom stereocenters. The average molecular weight is 565 g/mol. The molecule has 0 bridgehead atoms. The van der Waals surface area contributed by atoms with Crippen LogP contribution in [0, 0.1) is 5.92 Å². The van der Waals surface area contributed by atoms with Gasteiger partial charge in [-0.15, -0.1) is 11.8 Å². The number of aryl methyl sites for hydroxylation is 1. The molecule has 4 rings (SSSR count). The van der Waals surface area contributed by atoms with Gasteiger partial charge in [-0.25, -0.2) is 0 Å². The van der Waals surface area contributed by atoms with E-state index in [1.807, 2.05) is 24.5 Å². The molecule has 1 aromatic carbocycles. The lowest BCUT2D eigenvalue weighted by Crippen LogP contribution is -2.60. The minimum absolute atomic E-state index is 0.0240. The maximum atomic E-state index is 12.2. The number of allylic oxidation sites excluding steroid dienone is 4. The van der Waals surface area contributed by atoms with Crippen LogP contribution in [0.25, 0.3) is 5.57 Å². The topological polar surface area (TPSA) is 155 Å². The lowest BCUT2D eigenvalue weighted by atomic mass is 9.85. The zero-order valence-electron chi connectivity index (χ0n) is 22.4. The molecule has 1 fully saturated rings. The number of carbonyl (C=O) groups is 1. The highest BCUT2D eigenvalue weighted by Crippen LogP contribution is 2.51. The van der Waals surface area contributed by atoms with Crippen molar-refractivity contribution in [2.75, 3.05) is 27.1 Å². The number of thioether (sulfide) groups is 1. The summed E-state index contributed by atoms with van der Waals surface area (Å²) in [7, 11) is 2.92. The third-order valence-corrected chi connectivity index (χ3v) is 8.23. The van der Waals surface area contributed by atoms with Crippen LogP contribution in [-0.2, 0) is 16.0 Å². The smallest absolute Gasteiger partial charge is 0.229 e. The minimum Gasteiger partial charge on any atom is -0.493 e. The first kappa shape index (κ1) is 29.6. The van der Waals surface area contributed by atoms with Crippen LogP contribution in [0.1, 0.15) is 30.9 Å². The molecular formula is C28H36O10S. The Labute approximate surface area is 231 Å². The van der Waals surface area contributed by atoms with Gasteiger partial charge >= 0.3 is 0 Å². The number of fused-ring (bicyclic) bond motifs is 3. The predicted octanol–water partition coefficient (Wildman–Crippen LogP) is 1.36. The van der Waals surface area contributed by atoms with Gasteiger partial charge in [0.15, 0.2) is 11.5 Å². The highest BCUT2D eigenvalue weighted by atomic mass is 32.2. The fourth-order valence-electron chi connectivity index (χ4n) is 5.42. The van der Waals surface area contributed by atoms with Crippen LogP contribution >= 0.6 is 11.8 Å². The summed E-state index contributed by atoms with van der Waals surface area (Å²) in [6.45, 7) is 0.934. The molecule has 1 heterocycles. The second kappa shape index (κ2) is 12.4. The van der Waals surface area contributed by atoms with Crippen molar-refractivity contribution in [1.29, 1.82) is 0 Å². The molecule has 39 heavy (non-hydrogen) atoms. The van der Waals surface area contributed by atoms with Crippen LogP contribution in [0.4, 0.5) is 0 Å². The molecule has 3 aliphatic rings. The molecular weight excluding hydrogens is 528 g/mol. The first-order valence-electron chi connectivity index (χ1n) is 12.8. The summed E-state index contributed by atoms with van der Waals surface area (Å²) in [6.07, 6.45) is 0.450. The van der Waals surface area contributed by atoms with Gasteiger partial charge in [0.1, 0.15) is 36.3 Å². The van der Waals surface area contributed by atoms with Crippen molar-refractivity contribution in [2.45, 2.75) is 63.0 Å². The third-order valence-electron chi connectivity index (χ3n) is 7.39. The molecule has 214 valence electrons. The molecule has 0 spiro atoms. The van der Waals surface area contributed by atoms with Crippen LogP contribution in [0.5, 0.6) is 17.2 Å². The maximum absolute atomic E-state index is 12.2. The van der Waals surface area contributed by atoms with E-state index in [2.05, 4.69) is 0 Å². The second-order valence-corrected chi connectivity index (χ2v) is 10.7. The molecule has 10 nitrogen and oxygen atoms in total. The largest absolute Gasteiger partial charge is 0.493 e. The van der Waals surface area contributed by atoms with Gasteiger partial charge < -0.3 is 49.3 Å². The normalized spacial score (nSPS) is 30.5. The number of methoxy groups -OCH3 is 2. The van der Waals surface area contributed by atoms with Gasteiger partial charge in [-0.05, 0) is 66.9 Å². The highest BCUT2D eigenvalue weighted by Gasteiger charge is 2.46. The van der Waals surface area contributed by atoms with E-state index in [-0.39, 0.29) is 29.6 Å². The van der Waals surface area contributed by atoms with Crippen LogP contribution in [0.3, 0.4) is 0 Å². The summed E-state index contributed by atoms with van der Waals surface area (Å²) in [5, 5.41) is 52.0. The van der Waals surface area contributed by atoms with Gasteiger partial charge in [-0.3, -0.25) is 0 Å². The molecule has 0 aromatic heterocycles. The molecule has 11 heteroatoms. The van der Waals surface area contributed by atoms with Gasteiger partial charge in [0.05, 0.1) is 20.8 Å². The van der Waals surface area contributed by atoms with Gasteiger partial charge in [0.2, 0.25) is 12.0 Å². The Balaban J connectivity index is 1.93. The Morgan fingerprint density at radius 1 is 1.08 bits per heavy atom. The monoisotopic (exact) mass is 564 g/mol. The third kappa shape index (κ3) is 5.76. The lowest BCUT2D eigenvalue weighted by Gasteiger charge is -2.40. The standard InChI is InChI=1S/C28H36O10S/c1-13(30)9-14-5-6-15-10-19(35-2)26(36-3)27(38-28-25(34)24(33)23(32)20(12-29)37-28)22(15)16-7-8-21(39-4)18(31)11-17(14)16/h7-8,10-11,14,18,20,23-25,28-29,31-34H,5-6,9,12H2,1-4H3/t14-,18?,20?,23?,24?,25?,28?/m1/s1. The van der Waals surface area contributed by atoms with E-state index in [9.17, 15) is 30.3 Å². The van der Waals surface area contributed by atoms with Crippen LogP contribution in [-0.4, -0.2) is 95.2 Å². The number of hydrogen-bond acceptors (Lipinski definition) is 11. The van der Waals surface area contributed by atoms with Gasteiger partial charge in [-0.1, -0.05) is 6.08 Å². The number of aliphatic hydroxyl groups is 5. The Kier molecular flexibility index (Phi) is 9.43. The van der Waals surface area contributed by atoms with Gasteiger partial charge in [0.25, 0.3) is 0 Å². The number of ketones is 1. The molecule has 1 aromatic rings. The van der Waals surface area contributed by atoms with Crippen molar-refractivity contribution >= 4 is 23.1 Å². The van der Waals surface area contributed by atoms with E-state index in [0.717, 1.165) is 16.0 Å². The SMILES string of the molecule is COc1cc2c(c(OC3OC(CO)C(O)C(O)C3O)c1OC)C1=CC=C(SC)C(O)C=C1[C@@H](CC(C)=O)CC2. The van der Waals surface area contributed by atoms with Crippen molar-refractivity contribution in [2.24, 2.45) is 5.92 Å². The summed E-state index contributed by atoms with van der Waals surface area (Å²) in [6, 6.07) is 1.84. The van der Waals surface area contributed by atoms with Crippen LogP contribution in [0.2, 0.25) is 0 Å². The number of Topliss-reactive ketones (excluding diaryl/α,β-unsaturated/α-hetero) is 1. The zero-order valence-corrected chi connectivity index (χ0v) is 23.2. The number of aliphatic hydroxyl groups excluding tert-OH is 5. The number of rotatable bonds is 8. The van der Waals surface area contributed by atoms with Gasteiger partial charge in [-0.2, -0.15) is 0 Å². The summed E-state index contributed by atoms with van der Waals surface area (Å²) in [4.78, 5) is 13.0.